The highest BCUT2D eigenvalue weighted by molar-refractivity contribution is 4.76. The first-order valence-corrected chi connectivity index (χ1v) is 7.82. The average Bonchev–Trinajstić information content (AvgIpc) is 2.36. The second-order valence-corrected chi connectivity index (χ2v) is 5.56. The molecule has 3 nitrogen and oxygen atoms in total. The summed E-state index contributed by atoms with van der Waals surface area (Å²) in [5.41, 5.74) is 0. The molecule has 1 heterocycles. The molecule has 0 amide bonds. The van der Waals surface area contributed by atoms with Crippen LogP contribution in [0.15, 0.2) is 0 Å². The normalized spacial score (nSPS) is 26.8. The third-order valence-electron chi connectivity index (χ3n) is 3.80. The number of ether oxygens (including phenoxy) is 1. The van der Waals surface area contributed by atoms with Crippen molar-refractivity contribution in [2.24, 2.45) is 0 Å². The third-order valence-corrected chi connectivity index (χ3v) is 3.80. The lowest BCUT2D eigenvalue weighted by molar-refractivity contribution is 0.117. The molecule has 0 saturated carbocycles. The van der Waals surface area contributed by atoms with Crippen molar-refractivity contribution in [3.05, 3.63) is 0 Å². The van der Waals surface area contributed by atoms with E-state index in [0.717, 1.165) is 19.6 Å². The van der Waals surface area contributed by atoms with Gasteiger partial charge in [0.1, 0.15) is 0 Å². The van der Waals surface area contributed by atoms with Gasteiger partial charge in [-0.25, -0.2) is 0 Å². The SMILES string of the molecule is CCCOCCCN1CCC(C)NC(CC)CC1. The maximum atomic E-state index is 5.55. The van der Waals surface area contributed by atoms with Crippen LogP contribution in [0.5, 0.6) is 0 Å². The van der Waals surface area contributed by atoms with Crippen LogP contribution >= 0.6 is 0 Å². The molecule has 0 aromatic carbocycles. The lowest BCUT2D eigenvalue weighted by Crippen LogP contribution is -2.44. The first-order valence-electron chi connectivity index (χ1n) is 7.82. The third kappa shape index (κ3) is 6.72. The summed E-state index contributed by atoms with van der Waals surface area (Å²) in [4.78, 5) is 2.62. The molecular formula is C15H32N2O. The Labute approximate surface area is 113 Å². The topological polar surface area (TPSA) is 24.5 Å². The molecule has 0 aromatic rings. The van der Waals surface area contributed by atoms with E-state index in [-0.39, 0.29) is 0 Å². The molecule has 0 aromatic heterocycles. The van der Waals surface area contributed by atoms with E-state index >= 15 is 0 Å². The average molecular weight is 256 g/mol. The first-order chi connectivity index (χ1) is 8.76. The van der Waals surface area contributed by atoms with Crippen LogP contribution in [0.3, 0.4) is 0 Å². The van der Waals surface area contributed by atoms with Crippen molar-refractivity contribution in [1.29, 1.82) is 0 Å². The van der Waals surface area contributed by atoms with E-state index in [1.165, 1.54) is 45.3 Å². The van der Waals surface area contributed by atoms with Crippen LogP contribution in [0.2, 0.25) is 0 Å². The van der Waals surface area contributed by atoms with Crippen molar-refractivity contribution in [1.82, 2.24) is 10.2 Å². The lowest BCUT2D eigenvalue weighted by atomic mass is 10.1. The molecule has 0 radical (unpaired) electrons. The number of nitrogens with zero attached hydrogens (tertiary/aromatic N) is 1. The summed E-state index contributed by atoms with van der Waals surface area (Å²) in [5.74, 6) is 0. The highest BCUT2D eigenvalue weighted by Gasteiger charge is 2.16. The van der Waals surface area contributed by atoms with E-state index in [1.54, 1.807) is 0 Å². The Balaban J connectivity index is 2.19. The van der Waals surface area contributed by atoms with Crippen LogP contribution in [-0.4, -0.2) is 49.8 Å². The fourth-order valence-electron chi connectivity index (χ4n) is 2.58. The van der Waals surface area contributed by atoms with Crippen molar-refractivity contribution in [3.63, 3.8) is 0 Å². The molecule has 0 bridgehead atoms. The second kappa shape index (κ2) is 9.76. The maximum absolute atomic E-state index is 5.55. The molecule has 1 aliphatic heterocycles. The summed E-state index contributed by atoms with van der Waals surface area (Å²) in [7, 11) is 0. The van der Waals surface area contributed by atoms with Gasteiger partial charge in [0.15, 0.2) is 0 Å². The molecule has 18 heavy (non-hydrogen) atoms. The summed E-state index contributed by atoms with van der Waals surface area (Å²) in [6.07, 6.45) is 6.12. The summed E-state index contributed by atoms with van der Waals surface area (Å²) in [6.45, 7) is 12.3. The van der Waals surface area contributed by atoms with Crippen molar-refractivity contribution in [3.8, 4) is 0 Å². The van der Waals surface area contributed by atoms with Crippen LogP contribution < -0.4 is 5.32 Å². The molecule has 2 atom stereocenters. The largest absolute Gasteiger partial charge is 0.381 e. The minimum Gasteiger partial charge on any atom is -0.381 e. The summed E-state index contributed by atoms with van der Waals surface area (Å²) in [5, 5.41) is 3.72. The fraction of sp³-hybridized carbons (Fsp3) is 1.00. The van der Waals surface area contributed by atoms with Gasteiger partial charge in [-0.3, -0.25) is 0 Å². The molecule has 1 fully saturated rings. The number of rotatable bonds is 7. The first kappa shape index (κ1) is 15.9. The summed E-state index contributed by atoms with van der Waals surface area (Å²) >= 11 is 0. The zero-order valence-electron chi connectivity index (χ0n) is 12.6. The molecule has 0 aliphatic carbocycles. The zero-order chi connectivity index (χ0) is 13.2. The van der Waals surface area contributed by atoms with Crippen LogP contribution in [0.1, 0.15) is 52.9 Å². The van der Waals surface area contributed by atoms with Crippen LogP contribution in [0.4, 0.5) is 0 Å². The molecule has 1 saturated heterocycles. The monoisotopic (exact) mass is 256 g/mol. The molecule has 0 spiro atoms. The van der Waals surface area contributed by atoms with Crippen LogP contribution in [0, 0.1) is 0 Å². The van der Waals surface area contributed by atoms with Gasteiger partial charge >= 0.3 is 0 Å². The second-order valence-electron chi connectivity index (χ2n) is 5.56. The Morgan fingerprint density at radius 2 is 1.94 bits per heavy atom. The standard InChI is InChI=1S/C15H32N2O/c1-4-12-18-13-6-9-17-10-7-14(3)16-15(5-2)8-11-17/h14-16H,4-13H2,1-3H3. The molecule has 2 unspecified atom stereocenters. The molecule has 108 valence electrons. The van der Waals surface area contributed by atoms with Gasteiger partial charge in [-0.1, -0.05) is 13.8 Å². The molecular weight excluding hydrogens is 224 g/mol. The number of hydrogen-bond acceptors (Lipinski definition) is 3. The fourth-order valence-corrected chi connectivity index (χ4v) is 2.58. The predicted molar refractivity (Wildman–Crippen MR) is 78.1 cm³/mol. The van der Waals surface area contributed by atoms with Crippen LogP contribution in [-0.2, 0) is 4.74 Å². The number of nitrogens with one attached hydrogen (secondary N) is 1. The van der Waals surface area contributed by atoms with Gasteiger partial charge < -0.3 is 15.0 Å². The van der Waals surface area contributed by atoms with Gasteiger partial charge in [-0.15, -0.1) is 0 Å². The van der Waals surface area contributed by atoms with Crippen molar-refractivity contribution < 1.29 is 4.74 Å². The Bertz CT molecular complexity index is 199. The van der Waals surface area contributed by atoms with Crippen molar-refractivity contribution >= 4 is 0 Å². The lowest BCUT2D eigenvalue weighted by Gasteiger charge is -2.32. The van der Waals surface area contributed by atoms with E-state index in [0.29, 0.717) is 12.1 Å². The van der Waals surface area contributed by atoms with Crippen LogP contribution in [0.25, 0.3) is 0 Å². The van der Waals surface area contributed by atoms with E-state index < -0.39 is 0 Å². The zero-order valence-corrected chi connectivity index (χ0v) is 12.6. The van der Waals surface area contributed by atoms with Crippen molar-refractivity contribution in [2.45, 2.75) is 65.0 Å². The molecule has 1 aliphatic rings. The molecule has 1 N–H and O–H groups in total. The van der Waals surface area contributed by atoms with E-state index in [1.807, 2.05) is 0 Å². The Kier molecular flexibility index (Phi) is 8.64. The summed E-state index contributed by atoms with van der Waals surface area (Å²) < 4.78 is 5.55. The van der Waals surface area contributed by atoms with Crippen molar-refractivity contribution in [2.75, 3.05) is 32.8 Å². The number of hydrogen-bond donors (Lipinski definition) is 1. The van der Waals surface area contributed by atoms with Gasteiger partial charge in [-0.2, -0.15) is 0 Å². The van der Waals surface area contributed by atoms with Gasteiger partial charge in [0.25, 0.3) is 0 Å². The van der Waals surface area contributed by atoms with Gasteiger partial charge in [-0.05, 0) is 52.1 Å². The van der Waals surface area contributed by atoms with E-state index in [4.69, 9.17) is 4.74 Å². The Morgan fingerprint density at radius 1 is 1.17 bits per heavy atom. The van der Waals surface area contributed by atoms with E-state index in [9.17, 15) is 0 Å². The smallest absolute Gasteiger partial charge is 0.0478 e. The Morgan fingerprint density at radius 3 is 2.67 bits per heavy atom. The maximum Gasteiger partial charge on any atom is 0.0478 e. The highest BCUT2D eigenvalue weighted by Crippen LogP contribution is 2.09. The Hall–Kier alpha value is -0.120. The van der Waals surface area contributed by atoms with Gasteiger partial charge in [0, 0.05) is 31.8 Å². The van der Waals surface area contributed by atoms with E-state index in [2.05, 4.69) is 31.0 Å². The predicted octanol–water partition coefficient (Wildman–Crippen LogP) is 2.66. The minimum atomic E-state index is 0.661. The highest BCUT2D eigenvalue weighted by atomic mass is 16.5. The van der Waals surface area contributed by atoms with Gasteiger partial charge in [0.05, 0.1) is 0 Å². The molecule has 3 heteroatoms. The quantitative estimate of drug-likeness (QED) is 0.709. The summed E-state index contributed by atoms with van der Waals surface area (Å²) in [6, 6.07) is 1.37. The molecule has 1 rings (SSSR count). The minimum absolute atomic E-state index is 0.661. The van der Waals surface area contributed by atoms with Gasteiger partial charge in [0.2, 0.25) is 0 Å².